The summed E-state index contributed by atoms with van der Waals surface area (Å²) in [5.41, 5.74) is -1.02. The lowest BCUT2D eigenvalue weighted by molar-refractivity contribution is -0.154. The maximum Gasteiger partial charge on any atom is 0.408 e. The molecule has 1 atom stereocenters. The molecule has 0 aromatic rings. The summed E-state index contributed by atoms with van der Waals surface area (Å²) >= 11 is 5.51. The predicted molar refractivity (Wildman–Crippen MR) is 83.3 cm³/mol. The van der Waals surface area contributed by atoms with E-state index in [0.29, 0.717) is 13.0 Å². The van der Waals surface area contributed by atoms with Gasteiger partial charge in [0.25, 0.3) is 0 Å². The Balaban J connectivity index is 3.37. The average molecular weight is 322 g/mol. The van der Waals surface area contributed by atoms with Gasteiger partial charge in [0.15, 0.2) is 5.56 Å². The maximum absolute atomic E-state index is 11.5. The smallest absolute Gasteiger partial charge is 0.408 e. The van der Waals surface area contributed by atoms with Crippen LogP contribution < -0.4 is 5.32 Å². The summed E-state index contributed by atoms with van der Waals surface area (Å²) in [6, 6.07) is 0. The van der Waals surface area contributed by atoms with Gasteiger partial charge in [0.1, 0.15) is 5.60 Å². The Labute approximate surface area is 132 Å². The van der Waals surface area contributed by atoms with Crippen LogP contribution in [-0.4, -0.2) is 29.8 Å². The van der Waals surface area contributed by atoms with Crippen molar-refractivity contribution in [2.45, 2.75) is 77.4 Å². The minimum absolute atomic E-state index is 0.137. The van der Waals surface area contributed by atoms with Crippen LogP contribution in [-0.2, 0) is 14.3 Å². The molecular formula is C15H28ClNO4. The zero-order valence-corrected chi connectivity index (χ0v) is 14.3. The molecule has 0 heterocycles. The average Bonchev–Trinajstić information content (AvgIpc) is 2.29. The van der Waals surface area contributed by atoms with Gasteiger partial charge in [-0.15, -0.1) is 0 Å². The first-order valence-electron chi connectivity index (χ1n) is 7.51. The number of nitrogens with one attached hydrogen (secondary N) is 1. The van der Waals surface area contributed by atoms with Crippen LogP contribution >= 0.6 is 11.6 Å². The van der Waals surface area contributed by atoms with Crippen molar-refractivity contribution in [3.05, 3.63) is 0 Å². The highest BCUT2D eigenvalue weighted by molar-refractivity contribution is 6.19. The molecule has 0 aliphatic carbocycles. The van der Waals surface area contributed by atoms with Crippen LogP contribution in [0.5, 0.6) is 0 Å². The van der Waals surface area contributed by atoms with Crippen LogP contribution in [0.25, 0.3) is 0 Å². The van der Waals surface area contributed by atoms with Crippen molar-refractivity contribution in [1.29, 1.82) is 0 Å². The molecule has 1 N–H and O–H groups in total. The van der Waals surface area contributed by atoms with Gasteiger partial charge in [-0.3, -0.25) is 4.79 Å². The van der Waals surface area contributed by atoms with Crippen molar-refractivity contribution in [2.24, 2.45) is 0 Å². The summed E-state index contributed by atoms with van der Waals surface area (Å²) in [6.07, 6.45) is 4.74. The molecule has 0 aromatic carbocycles. The molecule has 0 bridgehead atoms. The first kappa shape index (κ1) is 20.0. The maximum atomic E-state index is 11.5. The molecule has 1 amide bonds. The molecule has 0 aliphatic heterocycles. The zero-order chi connectivity index (χ0) is 16.3. The number of rotatable bonds is 9. The number of esters is 1. The Bertz CT molecular complexity index is 313. The van der Waals surface area contributed by atoms with Crippen molar-refractivity contribution < 1.29 is 19.1 Å². The van der Waals surface area contributed by atoms with Crippen LogP contribution in [0.4, 0.5) is 4.79 Å². The van der Waals surface area contributed by atoms with E-state index in [2.05, 4.69) is 5.32 Å². The third kappa shape index (κ3) is 15.2. The highest BCUT2D eigenvalue weighted by Crippen LogP contribution is 2.11. The lowest BCUT2D eigenvalue weighted by Gasteiger charge is -2.19. The minimum atomic E-state index is -0.613. The standard InChI is InChI=1S/C15H28ClNO4/c1-12(16)20-14(19)17-11-9-7-5-6-8-10-13(18)21-15(2,3)4/h12H,5-11H2,1-4H3,(H,17,19). The Morgan fingerprint density at radius 1 is 1.10 bits per heavy atom. The summed E-state index contributed by atoms with van der Waals surface area (Å²) in [5, 5.41) is 2.63. The lowest BCUT2D eigenvalue weighted by Crippen LogP contribution is -2.27. The first-order chi connectivity index (χ1) is 9.70. The zero-order valence-electron chi connectivity index (χ0n) is 13.5. The Kier molecular flexibility index (Phi) is 10.2. The summed E-state index contributed by atoms with van der Waals surface area (Å²) in [7, 11) is 0. The van der Waals surface area contributed by atoms with Crippen molar-refractivity contribution >= 4 is 23.7 Å². The fraction of sp³-hybridized carbons (Fsp3) is 0.867. The molecule has 21 heavy (non-hydrogen) atoms. The minimum Gasteiger partial charge on any atom is -0.460 e. The Morgan fingerprint density at radius 2 is 1.67 bits per heavy atom. The van der Waals surface area contributed by atoms with Gasteiger partial charge in [0, 0.05) is 13.0 Å². The van der Waals surface area contributed by atoms with Crippen molar-refractivity contribution in [1.82, 2.24) is 5.32 Å². The Morgan fingerprint density at radius 3 is 2.24 bits per heavy atom. The normalized spacial score (nSPS) is 12.6. The van der Waals surface area contributed by atoms with E-state index in [1.54, 1.807) is 6.92 Å². The highest BCUT2D eigenvalue weighted by Gasteiger charge is 2.15. The number of amides is 1. The van der Waals surface area contributed by atoms with Gasteiger partial charge in [-0.05, 0) is 40.5 Å². The topological polar surface area (TPSA) is 64.6 Å². The van der Waals surface area contributed by atoms with Crippen LogP contribution in [0.3, 0.4) is 0 Å². The van der Waals surface area contributed by atoms with Gasteiger partial charge in [-0.2, -0.15) is 0 Å². The van der Waals surface area contributed by atoms with E-state index in [1.807, 2.05) is 20.8 Å². The van der Waals surface area contributed by atoms with E-state index < -0.39 is 17.3 Å². The van der Waals surface area contributed by atoms with Gasteiger partial charge in [0.05, 0.1) is 0 Å². The molecule has 0 saturated heterocycles. The monoisotopic (exact) mass is 321 g/mol. The molecule has 1 unspecified atom stereocenters. The van der Waals surface area contributed by atoms with E-state index in [-0.39, 0.29) is 5.97 Å². The Hall–Kier alpha value is -0.970. The third-order valence-electron chi connectivity index (χ3n) is 2.52. The number of alkyl halides is 1. The van der Waals surface area contributed by atoms with E-state index in [9.17, 15) is 9.59 Å². The molecular weight excluding hydrogens is 294 g/mol. The third-order valence-corrected chi connectivity index (χ3v) is 2.61. The number of hydrogen-bond donors (Lipinski definition) is 1. The summed E-state index contributed by atoms with van der Waals surface area (Å²) in [5.74, 6) is -0.137. The number of carbonyl (C=O) groups excluding carboxylic acids is 2. The number of ether oxygens (including phenoxy) is 2. The number of unbranched alkanes of at least 4 members (excludes halogenated alkanes) is 4. The SMILES string of the molecule is CC(Cl)OC(=O)NCCCCCCCC(=O)OC(C)(C)C. The van der Waals surface area contributed by atoms with Crippen LogP contribution in [0, 0.1) is 0 Å². The predicted octanol–water partition coefficient (Wildman–Crippen LogP) is 3.98. The van der Waals surface area contributed by atoms with E-state index in [0.717, 1.165) is 32.1 Å². The fourth-order valence-corrected chi connectivity index (χ4v) is 1.78. The second kappa shape index (κ2) is 10.7. The fourth-order valence-electron chi connectivity index (χ4n) is 1.70. The molecule has 0 aliphatic rings. The molecule has 0 aromatic heterocycles. The molecule has 5 nitrogen and oxygen atoms in total. The van der Waals surface area contributed by atoms with Gasteiger partial charge in [-0.1, -0.05) is 30.9 Å². The molecule has 0 saturated carbocycles. The quantitative estimate of drug-likeness (QED) is 0.396. The molecule has 0 fully saturated rings. The molecule has 0 radical (unpaired) electrons. The summed E-state index contributed by atoms with van der Waals surface area (Å²) in [4.78, 5) is 22.6. The summed E-state index contributed by atoms with van der Waals surface area (Å²) < 4.78 is 9.96. The van der Waals surface area contributed by atoms with E-state index in [4.69, 9.17) is 21.1 Å². The number of halogens is 1. The van der Waals surface area contributed by atoms with Gasteiger partial charge < -0.3 is 14.8 Å². The second-order valence-electron chi connectivity index (χ2n) is 5.98. The number of carbonyl (C=O) groups is 2. The van der Waals surface area contributed by atoms with Crippen molar-refractivity contribution in [3.63, 3.8) is 0 Å². The molecule has 0 rings (SSSR count). The summed E-state index contributed by atoms with van der Waals surface area (Å²) in [6.45, 7) is 7.77. The van der Waals surface area contributed by atoms with Crippen LogP contribution in [0.15, 0.2) is 0 Å². The van der Waals surface area contributed by atoms with Crippen LogP contribution in [0.1, 0.15) is 66.2 Å². The van der Waals surface area contributed by atoms with Gasteiger partial charge in [-0.25, -0.2) is 4.79 Å². The molecule has 0 spiro atoms. The van der Waals surface area contributed by atoms with Gasteiger partial charge >= 0.3 is 12.1 Å². The number of alkyl carbamates (subject to hydrolysis) is 1. The first-order valence-corrected chi connectivity index (χ1v) is 7.95. The van der Waals surface area contributed by atoms with Crippen molar-refractivity contribution in [2.75, 3.05) is 6.54 Å². The highest BCUT2D eigenvalue weighted by atomic mass is 35.5. The molecule has 124 valence electrons. The lowest BCUT2D eigenvalue weighted by atomic mass is 10.1. The van der Waals surface area contributed by atoms with E-state index in [1.165, 1.54) is 0 Å². The molecule has 6 heteroatoms. The van der Waals surface area contributed by atoms with Gasteiger partial charge in [0.2, 0.25) is 0 Å². The van der Waals surface area contributed by atoms with E-state index >= 15 is 0 Å². The number of hydrogen-bond acceptors (Lipinski definition) is 4. The largest absolute Gasteiger partial charge is 0.460 e. The van der Waals surface area contributed by atoms with Crippen molar-refractivity contribution in [3.8, 4) is 0 Å². The van der Waals surface area contributed by atoms with Crippen LogP contribution in [0.2, 0.25) is 0 Å². The second-order valence-corrected chi connectivity index (χ2v) is 6.59.